The third-order valence-electron chi connectivity index (χ3n) is 4.36. The number of sulfone groups is 1. The van der Waals surface area contributed by atoms with Gasteiger partial charge in [0.15, 0.2) is 9.84 Å². The second kappa shape index (κ2) is 7.67. The van der Waals surface area contributed by atoms with Gasteiger partial charge in [0, 0.05) is 24.3 Å². The van der Waals surface area contributed by atoms with Gasteiger partial charge in [0.1, 0.15) is 23.7 Å². The summed E-state index contributed by atoms with van der Waals surface area (Å²) >= 11 is 6.15. The van der Waals surface area contributed by atoms with Crippen LogP contribution >= 0.6 is 11.6 Å². The van der Waals surface area contributed by atoms with E-state index in [9.17, 15) is 8.42 Å². The molecule has 2 heterocycles. The van der Waals surface area contributed by atoms with Gasteiger partial charge in [0.25, 0.3) is 0 Å². The Morgan fingerprint density at radius 3 is 2.77 bits per heavy atom. The lowest BCUT2D eigenvalue weighted by Crippen LogP contribution is -2.36. The maximum atomic E-state index is 11.8. The molecule has 1 saturated heterocycles. The van der Waals surface area contributed by atoms with E-state index in [1.807, 2.05) is 24.0 Å². The minimum Gasteiger partial charge on any atom is -0.495 e. The fraction of sp³-hybridized carbons (Fsp3) is 0.412. The lowest BCUT2D eigenvalue weighted by atomic mass is 10.2. The molecule has 1 aromatic carbocycles. The standard InChI is InChI=1S/C17H21ClN4O3S/c1-3-22(13-6-7-26(23,24)10-13)17-9-16(19-11-20-17)21-12-4-5-15(25-2)14(18)8-12/h4-5,8-9,11,13H,3,6-7,10H2,1-2H3,(H,19,20,21). The van der Waals surface area contributed by atoms with Crippen molar-refractivity contribution in [1.29, 1.82) is 0 Å². The van der Waals surface area contributed by atoms with Crippen LogP contribution in [0.3, 0.4) is 0 Å². The van der Waals surface area contributed by atoms with Crippen molar-refractivity contribution in [2.45, 2.75) is 19.4 Å². The Hall–Kier alpha value is -2.06. The fourth-order valence-corrected chi connectivity index (χ4v) is 5.08. The Balaban J connectivity index is 1.80. The van der Waals surface area contributed by atoms with Crippen LogP contribution in [0.4, 0.5) is 17.3 Å². The average molecular weight is 397 g/mol. The van der Waals surface area contributed by atoms with E-state index in [4.69, 9.17) is 16.3 Å². The van der Waals surface area contributed by atoms with Crippen molar-refractivity contribution >= 4 is 38.8 Å². The molecule has 9 heteroatoms. The lowest BCUT2D eigenvalue weighted by Gasteiger charge is -2.28. The van der Waals surface area contributed by atoms with Crippen molar-refractivity contribution in [2.24, 2.45) is 0 Å². The minimum absolute atomic E-state index is 0.0526. The highest BCUT2D eigenvalue weighted by Crippen LogP contribution is 2.29. The van der Waals surface area contributed by atoms with Crippen LogP contribution in [0.5, 0.6) is 5.75 Å². The first-order valence-corrected chi connectivity index (χ1v) is 10.5. The Kier molecular flexibility index (Phi) is 5.52. The summed E-state index contributed by atoms with van der Waals surface area (Å²) in [7, 11) is -1.39. The molecule has 140 valence electrons. The molecule has 1 aromatic heterocycles. The number of rotatable bonds is 6. The third-order valence-corrected chi connectivity index (χ3v) is 6.41. The zero-order valence-electron chi connectivity index (χ0n) is 14.6. The summed E-state index contributed by atoms with van der Waals surface area (Å²) in [6, 6.07) is 7.13. The number of aromatic nitrogens is 2. The van der Waals surface area contributed by atoms with Crippen molar-refractivity contribution in [1.82, 2.24) is 9.97 Å². The maximum absolute atomic E-state index is 11.8. The number of methoxy groups -OCH3 is 1. The third kappa shape index (κ3) is 4.19. The number of halogens is 1. The highest BCUT2D eigenvalue weighted by Gasteiger charge is 2.32. The Labute approximate surface area is 158 Å². The summed E-state index contributed by atoms with van der Waals surface area (Å²) in [5, 5.41) is 3.68. The molecule has 0 saturated carbocycles. The molecule has 1 N–H and O–H groups in total. The van der Waals surface area contributed by atoms with E-state index < -0.39 is 9.84 Å². The summed E-state index contributed by atoms with van der Waals surface area (Å²) in [6.07, 6.45) is 2.09. The van der Waals surface area contributed by atoms with Gasteiger partial charge in [0.2, 0.25) is 0 Å². The molecule has 0 aliphatic carbocycles. The fourth-order valence-electron chi connectivity index (χ4n) is 3.09. The first kappa shape index (κ1) is 18.7. The van der Waals surface area contributed by atoms with Crippen LogP contribution in [-0.4, -0.2) is 49.6 Å². The summed E-state index contributed by atoms with van der Waals surface area (Å²) in [4.78, 5) is 10.6. The van der Waals surface area contributed by atoms with Gasteiger partial charge in [-0.1, -0.05) is 11.6 Å². The van der Waals surface area contributed by atoms with Gasteiger partial charge in [0.05, 0.1) is 23.6 Å². The molecular formula is C17H21ClN4O3S. The number of anilines is 3. The molecule has 2 aromatic rings. The van der Waals surface area contributed by atoms with Gasteiger partial charge < -0.3 is 15.0 Å². The lowest BCUT2D eigenvalue weighted by molar-refractivity contribution is 0.415. The molecule has 0 bridgehead atoms. The van der Waals surface area contributed by atoms with E-state index >= 15 is 0 Å². The molecule has 0 amide bonds. The van der Waals surface area contributed by atoms with Gasteiger partial charge >= 0.3 is 0 Å². The van der Waals surface area contributed by atoms with Gasteiger partial charge in [-0.3, -0.25) is 0 Å². The normalized spacial score (nSPS) is 18.5. The highest BCUT2D eigenvalue weighted by atomic mass is 35.5. The van der Waals surface area contributed by atoms with Crippen LogP contribution in [0.25, 0.3) is 0 Å². The van der Waals surface area contributed by atoms with Crippen LogP contribution in [0.15, 0.2) is 30.6 Å². The molecule has 7 nitrogen and oxygen atoms in total. The molecule has 1 aliphatic heterocycles. The van der Waals surface area contributed by atoms with Crippen LogP contribution in [-0.2, 0) is 9.84 Å². The van der Waals surface area contributed by atoms with Gasteiger partial charge in [-0.25, -0.2) is 18.4 Å². The predicted octanol–water partition coefficient (Wildman–Crippen LogP) is 2.90. The van der Waals surface area contributed by atoms with Crippen molar-refractivity contribution in [3.8, 4) is 5.75 Å². The van der Waals surface area contributed by atoms with Crippen LogP contribution in [0, 0.1) is 0 Å². The SMILES string of the molecule is CCN(c1cc(Nc2ccc(OC)c(Cl)c2)ncn1)C1CCS(=O)(=O)C1. The first-order chi connectivity index (χ1) is 12.4. The minimum atomic E-state index is -2.96. The predicted molar refractivity (Wildman–Crippen MR) is 103 cm³/mol. The average Bonchev–Trinajstić information content (AvgIpc) is 2.96. The largest absolute Gasteiger partial charge is 0.495 e. The van der Waals surface area contributed by atoms with Crippen molar-refractivity contribution in [2.75, 3.05) is 35.4 Å². The smallest absolute Gasteiger partial charge is 0.152 e. The molecule has 0 radical (unpaired) electrons. The Morgan fingerprint density at radius 1 is 1.35 bits per heavy atom. The summed E-state index contributed by atoms with van der Waals surface area (Å²) in [5.74, 6) is 2.30. The van der Waals surface area contributed by atoms with E-state index in [2.05, 4.69) is 15.3 Å². The topological polar surface area (TPSA) is 84.4 Å². The molecule has 1 fully saturated rings. The number of benzene rings is 1. The number of hydrogen-bond acceptors (Lipinski definition) is 7. The Morgan fingerprint density at radius 2 is 2.15 bits per heavy atom. The van der Waals surface area contributed by atoms with E-state index in [1.165, 1.54) is 6.33 Å². The Bertz CT molecular complexity index is 891. The van der Waals surface area contributed by atoms with Crippen molar-refractivity contribution < 1.29 is 13.2 Å². The summed E-state index contributed by atoms with van der Waals surface area (Å²) in [5.41, 5.74) is 0.770. The molecule has 1 aliphatic rings. The van der Waals surface area contributed by atoms with E-state index in [0.29, 0.717) is 35.4 Å². The van der Waals surface area contributed by atoms with Crippen LogP contribution in [0.1, 0.15) is 13.3 Å². The van der Waals surface area contributed by atoms with Crippen molar-refractivity contribution in [3.63, 3.8) is 0 Å². The molecule has 3 rings (SSSR count). The second-order valence-electron chi connectivity index (χ2n) is 6.08. The van der Waals surface area contributed by atoms with Gasteiger partial charge in [-0.2, -0.15) is 0 Å². The van der Waals surface area contributed by atoms with E-state index in [1.54, 1.807) is 19.2 Å². The number of nitrogens with zero attached hydrogens (tertiary/aromatic N) is 3. The number of nitrogens with one attached hydrogen (secondary N) is 1. The molecule has 26 heavy (non-hydrogen) atoms. The quantitative estimate of drug-likeness (QED) is 0.803. The molecule has 1 unspecified atom stereocenters. The van der Waals surface area contributed by atoms with E-state index in [-0.39, 0.29) is 17.5 Å². The monoisotopic (exact) mass is 396 g/mol. The highest BCUT2D eigenvalue weighted by molar-refractivity contribution is 7.91. The van der Waals surface area contributed by atoms with Crippen molar-refractivity contribution in [3.05, 3.63) is 35.6 Å². The summed E-state index contributed by atoms with van der Waals surface area (Å²) < 4.78 is 28.7. The first-order valence-electron chi connectivity index (χ1n) is 8.31. The molecule has 1 atom stereocenters. The number of ether oxygens (including phenoxy) is 1. The maximum Gasteiger partial charge on any atom is 0.152 e. The zero-order valence-corrected chi connectivity index (χ0v) is 16.2. The summed E-state index contributed by atoms with van der Waals surface area (Å²) in [6.45, 7) is 2.66. The molecule has 0 spiro atoms. The van der Waals surface area contributed by atoms with E-state index in [0.717, 1.165) is 5.69 Å². The molecular weight excluding hydrogens is 376 g/mol. The van der Waals surface area contributed by atoms with Crippen LogP contribution in [0.2, 0.25) is 5.02 Å². The van der Waals surface area contributed by atoms with Gasteiger partial charge in [-0.05, 0) is 31.5 Å². The van der Waals surface area contributed by atoms with Gasteiger partial charge in [-0.15, -0.1) is 0 Å². The zero-order chi connectivity index (χ0) is 18.7. The van der Waals surface area contributed by atoms with Crippen LogP contribution < -0.4 is 15.0 Å². The number of hydrogen-bond donors (Lipinski definition) is 1. The second-order valence-corrected chi connectivity index (χ2v) is 8.71.